The van der Waals surface area contributed by atoms with Crippen molar-refractivity contribution < 1.29 is 8.78 Å². The van der Waals surface area contributed by atoms with E-state index in [1.54, 1.807) is 11.3 Å². The molecule has 1 aliphatic rings. The van der Waals surface area contributed by atoms with Gasteiger partial charge in [-0.05, 0) is 24.5 Å². The Kier molecular flexibility index (Phi) is 3.57. The van der Waals surface area contributed by atoms with E-state index >= 15 is 0 Å². The highest BCUT2D eigenvalue weighted by Gasteiger charge is 2.20. The Morgan fingerprint density at radius 2 is 2.16 bits per heavy atom. The van der Waals surface area contributed by atoms with Crippen LogP contribution in [0.4, 0.5) is 8.78 Å². The highest BCUT2D eigenvalue weighted by molar-refractivity contribution is 7.11. The maximum absolute atomic E-state index is 13.5. The van der Waals surface area contributed by atoms with E-state index in [1.807, 2.05) is 6.20 Å². The van der Waals surface area contributed by atoms with E-state index in [4.69, 9.17) is 0 Å². The molecule has 0 aliphatic heterocycles. The van der Waals surface area contributed by atoms with Crippen molar-refractivity contribution in [3.8, 4) is 0 Å². The number of nitrogens with zero attached hydrogens (tertiary/aromatic N) is 1. The number of rotatable bonds is 5. The Labute approximate surface area is 114 Å². The van der Waals surface area contributed by atoms with E-state index in [9.17, 15) is 8.78 Å². The van der Waals surface area contributed by atoms with Gasteiger partial charge < -0.3 is 5.32 Å². The number of aromatic nitrogens is 1. The van der Waals surface area contributed by atoms with Gasteiger partial charge in [-0.15, -0.1) is 11.3 Å². The molecule has 100 valence electrons. The van der Waals surface area contributed by atoms with Gasteiger partial charge in [-0.2, -0.15) is 0 Å². The first-order valence-electron chi connectivity index (χ1n) is 6.31. The molecule has 19 heavy (non-hydrogen) atoms. The van der Waals surface area contributed by atoms with Crippen molar-refractivity contribution in [2.45, 2.75) is 31.8 Å². The van der Waals surface area contributed by atoms with Crippen LogP contribution in [0, 0.1) is 11.6 Å². The summed E-state index contributed by atoms with van der Waals surface area (Å²) in [4.78, 5) is 5.45. The molecule has 1 N–H and O–H groups in total. The van der Waals surface area contributed by atoms with E-state index in [1.165, 1.54) is 25.0 Å². The third kappa shape index (κ3) is 3.36. The van der Waals surface area contributed by atoms with Crippen LogP contribution in [0.3, 0.4) is 0 Å². The second kappa shape index (κ2) is 5.35. The molecule has 0 bridgehead atoms. The maximum atomic E-state index is 13.5. The van der Waals surface area contributed by atoms with Gasteiger partial charge in [0.1, 0.15) is 11.6 Å². The summed E-state index contributed by atoms with van der Waals surface area (Å²) in [6.45, 7) is 0.828. The third-order valence-electron chi connectivity index (χ3n) is 3.10. The summed E-state index contributed by atoms with van der Waals surface area (Å²) >= 11 is 1.58. The number of halogens is 2. The molecule has 0 unspecified atom stereocenters. The Balaban J connectivity index is 1.65. The van der Waals surface area contributed by atoms with Crippen LogP contribution in [-0.4, -0.2) is 11.0 Å². The highest BCUT2D eigenvalue weighted by Crippen LogP contribution is 2.22. The SMILES string of the molecule is Fc1ccc(Cc2ncc(CNC3CC3)s2)c(F)c1. The van der Waals surface area contributed by atoms with Crippen LogP contribution in [0.1, 0.15) is 28.3 Å². The van der Waals surface area contributed by atoms with Crippen LogP contribution in [0.2, 0.25) is 0 Å². The average Bonchev–Trinajstić information content (AvgIpc) is 3.10. The number of thiazole rings is 1. The van der Waals surface area contributed by atoms with E-state index < -0.39 is 11.6 Å². The third-order valence-corrected chi connectivity index (χ3v) is 4.10. The molecule has 1 aromatic carbocycles. The molecule has 1 heterocycles. The second-order valence-electron chi connectivity index (χ2n) is 4.79. The Morgan fingerprint density at radius 3 is 2.89 bits per heavy atom. The van der Waals surface area contributed by atoms with Gasteiger partial charge in [0, 0.05) is 36.1 Å². The molecule has 1 fully saturated rings. The largest absolute Gasteiger partial charge is 0.309 e. The normalized spacial score (nSPS) is 14.8. The lowest BCUT2D eigenvalue weighted by Crippen LogP contribution is -2.14. The number of hydrogen-bond acceptors (Lipinski definition) is 3. The van der Waals surface area contributed by atoms with Crippen LogP contribution in [0.25, 0.3) is 0 Å². The van der Waals surface area contributed by atoms with Crippen molar-refractivity contribution in [1.29, 1.82) is 0 Å². The summed E-state index contributed by atoms with van der Waals surface area (Å²) in [6.07, 6.45) is 4.76. The van der Waals surface area contributed by atoms with Gasteiger partial charge >= 0.3 is 0 Å². The van der Waals surface area contributed by atoms with Crippen LogP contribution in [0.5, 0.6) is 0 Å². The summed E-state index contributed by atoms with van der Waals surface area (Å²) in [5.41, 5.74) is 0.484. The van der Waals surface area contributed by atoms with Crippen molar-refractivity contribution in [2.75, 3.05) is 0 Å². The molecule has 2 aromatic rings. The summed E-state index contributed by atoms with van der Waals surface area (Å²) in [7, 11) is 0. The quantitative estimate of drug-likeness (QED) is 0.909. The Morgan fingerprint density at radius 1 is 1.32 bits per heavy atom. The minimum absolute atomic E-state index is 0.417. The average molecular weight is 280 g/mol. The van der Waals surface area contributed by atoms with Crippen molar-refractivity contribution in [2.24, 2.45) is 0 Å². The molecule has 1 aliphatic carbocycles. The maximum Gasteiger partial charge on any atom is 0.129 e. The van der Waals surface area contributed by atoms with E-state index in [0.717, 1.165) is 22.5 Å². The van der Waals surface area contributed by atoms with E-state index in [2.05, 4.69) is 10.3 Å². The first-order valence-corrected chi connectivity index (χ1v) is 7.13. The van der Waals surface area contributed by atoms with Gasteiger partial charge in [0.15, 0.2) is 0 Å². The summed E-state index contributed by atoms with van der Waals surface area (Å²) in [5.74, 6) is -1.05. The first kappa shape index (κ1) is 12.7. The lowest BCUT2D eigenvalue weighted by Gasteiger charge is -2.00. The molecule has 2 nitrogen and oxygen atoms in total. The van der Waals surface area contributed by atoms with Crippen LogP contribution in [-0.2, 0) is 13.0 Å². The van der Waals surface area contributed by atoms with Gasteiger partial charge in [0.2, 0.25) is 0 Å². The molecule has 1 saturated carbocycles. The molecule has 0 atom stereocenters. The molecular formula is C14H14F2N2S. The van der Waals surface area contributed by atoms with E-state index in [-0.39, 0.29) is 0 Å². The molecule has 3 rings (SSSR count). The van der Waals surface area contributed by atoms with Gasteiger partial charge in [-0.3, -0.25) is 0 Å². The van der Waals surface area contributed by atoms with Crippen molar-refractivity contribution in [3.63, 3.8) is 0 Å². The molecular weight excluding hydrogens is 266 g/mol. The first-order chi connectivity index (χ1) is 9.20. The molecule has 1 aromatic heterocycles. The fourth-order valence-electron chi connectivity index (χ4n) is 1.87. The predicted octanol–water partition coefficient (Wildman–Crippen LogP) is 3.26. The smallest absolute Gasteiger partial charge is 0.129 e. The number of benzene rings is 1. The molecule has 0 radical (unpaired) electrons. The highest BCUT2D eigenvalue weighted by atomic mass is 32.1. The van der Waals surface area contributed by atoms with Crippen molar-refractivity contribution in [3.05, 3.63) is 51.5 Å². The lowest BCUT2D eigenvalue weighted by atomic mass is 10.1. The minimum atomic E-state index is -0.547. The second-order valence-corrected chi connectivity index (χ2v) is 5.99. The molecule has 5 heteroatoms. The Hall–Kier alpha value is -1.33. The van der Waals surface area contributed by atoms with Crippen LogP contribution in [0.15, 0.2) is 24.4 Å². The van der Waals surface area contributed by atoms with Crippen molar-refractivity contribution in [1.82, 2.24) is 10.3 Å². The minimum Gasteiger partial charge on any atom is -0.309 e. The predicted molar refractivity (Wildman–Crippen MR) is 71.1 cm³/mol. The summed E-state index contributed by atoms with van der Waals surface area (Å²) < 4.78 is 26.3. The van der Waals surface area contributed by atoms with Gasteiger partial charge in [-0.1, -0.05) is 6.07 Å². The molecule has 0 saturated heterocycles. The zero-order chi connectivity index (χ0) is 13.2. The zero-order valence-electron chi connectivity index (χ0n) is 10.3. The topological polar surface area (TPSA) is 24.9 Å². The fourth-order valence-corrected chi connectivity index (χ4v) is 2.77. The van der Waals surface area contributed by atoms with Crippen LogP contribution >= 0.6 is 11.3 Å². The standard InChI is InChI=1S/C14H14F2N2S/c15-10-2-1-9(13(16)6-10)5-14-18-8-12(19-14)7-17-11-3-4-11/h1-2,6,8,11,17H,3-5,7H2. The zero-order valence-corrected chi connectivity index (χ0v) is 11.1. The fraction of sp³-hybridized carbons (Fsp3) is 0.357. The van der Waals surface area contributed by atoms with E-state index in [0.29, 0.717) is 18.0 Å². The van der Waals surface area contributed by atoms with Crippen LogP contribution < -0.4 is 5.32 Å². The van der Waals surface area contributed by atoms with Crippen molar-refractivity contribution >= 4 is 11.3 Å². The number of nitrogens with one attached hydrogen (secondary N) is 1. The summed E-state index contributed by atoms with van der Waals surface area (Å²) in [6, 6.07) is 4.34. The lowest BCUT2D eigenvalue weighted by molar-refractivity contribution is 0.574. The summed E-state index contributed by atoms with van der Waals surface area (Å²) in [5, 5.41) is 4.28. The van der Waals surface area contributed by atoms with Gasteiger partial charge in [0.05, 0.1) is 5.01 Å². The van der Waals surface area contributed by atoms with Gasteiger partial charge in [-0.25, -0.2) is 13.8 Å². The Bertz CT molecular complexity index is 579. The molecule has 0 spiro atoms. The number of hydrogen-bond donors (Lipinski definition) is 1. The monoisotopic (exact) mass is 280 g/mol. The molecule has 0 amide bonds. The van der Waals surface area contributed by atoms with Gasteiger partial charge in [0.25, 0.3) is 0 Å².